The maximum absolute atomic E-state index is 14.4. The summed E-state index contributed by atoms with van der Waals surface area (Å²) in [7, 11) is 10.1. The summed E-state index contributed by atoms with van der Waals surface area (Å²) in [6.45, 7) is 0.0325. The molecule has 27 heavy (non-hydrogen) atoms. The second-order valence-corrected chi connectivity index (χ2v) is 8.27. The standard InChI is InChI=1S/C14H19B5FN3O4/c1-21-7-3-2-23(11(26)4(3)8(24)6(20)5(7)15)9-10(25)22-12(27)14(18,19)13(9,16)17/h9,21,24H,2,15-19H2,1H3,(H,22,25,27)/t9-/m0/s1. The molecule has 1 atom stereocenters. The predicted octanol–water partition coefficient (Wildman–Crippen LogP) is -5.42. The molecule has 1 aromatic carbocycles. The highest BCUT2D eigenvalue weighted by Crippen LogP contribution is 2.51. The molecule has 3 amide bonds. The topological polar surface area (TPSA) is 98.7 Å². The highest BCUT2D eigenvalue weighted by molar-refractivity contribution is 6.63. The number of benzene rings is 1. The molecule has 0 aromatic heterocycles. The predicted molar refractivity (Wildman–Crippen MR) is 112 cm³/mol. The normalized spacial score (nSPS) is 23.1. The highest BCUT2D eigenvalue weighted by atomic mass is 19.1. The van der Waals surface area contributed by atoms with E-state index in [0.29, 0.717) is 11.3 Å². The first-order chi connectivity index (χ1) is 12.4. The quantitative estimate of drug-likeness (QED) is 0.276. The van der Waals surface area contributed by atoms with Crippen LogP contribution in [0.25, 0.3) is 0 Å². The summed E-state index contributed by atoms with van der Waals surface area (Å²) in [5, 5.41) is 13.7. The van der Waals surface area contributed by atoms with Gasteiger partial charge >= 0.3 is 0 Å². The van der Waals surface area contributed by atoms with Gasteiger partial charge in [0.2, 0.25) is 11.8 Å². The SMILES string of the molecule is Bc1c(F)c(O)c2c(c1NC)CN([C@H]1C(=O)NC(=O)C(B)(B)C1(B)B)C2=O. The number of piperidine rings is 1. The first kappa shape index (κ1) is 19.4. The Morgan fingerprint density at radius 3 is 2.41 bits per heavy atom. The van der Waals surface area contributed by atoms with Crippen LogP contribution in [-0.2, 0) is 16.1 Å². The fourth-order valence-electron chi connectivity index (χ4n) is 4.04. The number of hydrogen-bond donors (Lipinski definition) is 3. The van der Waals surface area contributed by atoms with Gasteiger partial charge in [0.25, 0.3) is 5.91 Å². The summed E-state index contributed by atoms with van der Waals surface area (Å²) in [6, 6.07) is -0.947. The van der Waals surface area contributed by atoms with E-state index in [-0.39, 0.29) is 17.6 Å². The molecular formula is C14H19B5FN3O4. The van der Waals surface area contributed by atoms with Crippen LogP contribution in [0.15, 0.2) is 0 Å². The van der Waals surface area contributed by atoms with E-state index in [1.54, 1.807) is 38.4 Å². The zero-order valence-electron chi connectivity index (χ0n) is 16.3. The van der Waals surface area contributed by atoms with Gasteiger partial charge in [0.1, 0.15) is 45.3 Å². The zero-order valence-corrected chi connectivity index (χ0v) is 16.3. The Labute approximate surface area is 160 Å². The molecule has 1 aromatic rings. The first-order valence-electron chi connectivity index (χ1n) is 8.75. The second kappa shape index (κ2) is 5.84. The summed E-state index contributed by atoms with van der Waals surface area (Å²) in [5.74, 6) is -3.18. The first-order valence-corrected chi connectivity index (χ1v) is 8.75. The maximum Gasteiger partial charge on any atom is 0.259 e. The van der Waals surface area contributed by atoms with E-state index in [1.165, 1.54) is 12.7 Å². The number of phenols is 1. The van der Waals surface area contributed by atoms with Gasteiger partial charge in [-0.15, -0.1) is 0 Å². The fraction of sp³-hybridized carbons (Fsp3) is 0.357. The molecule has 0 aliphatic carbocycles. The Hall–Kier alpha value is -2.32. The van der Waals surface area contributed by atoms with Gasteiger partial charge < -0.3 is 15.3 Å². The Bertz CT molecular complexity index is 907. The molecule has 0 unspecified atom stereocenters. The number of halogens is 1. The number of imide groups is 1. The summed E-state index contributed by atoms with van der Waals surface area (Å²) >= 11 is 0. The van der Waals surface area contributed by atoms with E-state index < -0.39 is 45.8 Å². The molecule has 1 fully saturated rings. The van der Waals surface area contributed by atoms with Crippen LogP contribution in [0.4, 0.5) is 10.1 Å². The minimum atomic E-state index is -0.947. The summed E-state index contributed by atoms with van der Waals surface area (Å²) < 4.78 is 14.4. The van der Waals surface area contributed by atoms with Crippen LogP contribution in [0, 0.1) is 5.82 Å². The maximum atomic E-state index is 14.4. The van der Waals surface area contributed by atoms with Crippen molar-refractivity contribution < 1.29 is 23.9 Å². The lowest BCUT2D eigenvalue weighted by Gasteiger charge is -2.52. The lowest BCUT2D eigenvalue weighted by Crippen LogP contribution is -2.66. The molecule has 136 valence electrons. The van der Waals surface area contributed by atoms with Crippen LogP contribution in [0.1, 0.15) is 15.9 Å². The van der Waals surface area contributed by atoms with Crippen molar-refractivity contribution in [3.8, 4) is 5.75 Å². The van der Waals surface area contributed by atoms with Crippen molar-refractivity contribution >= 4 is 68.1 Å². The second-order valence-electron chi connectivity index (χ2n) is 8.27. The van der Waals surface area contributed by atoms with Crippen LogP contribution in [-0.4, -0.2) is 80.0 Å². The van der Waals surface area contributed by atoms with Gasteiger partial charge in [-0.25, -0.2) is 4.39 Å². The molecule has 0 spiro atoms. The third kappa shape index (κ3) is 2.36. The number of aromatic hydroxyl groups is 1. The number of hydrogen-bond acceptors (Lipinski definition) is 5. The fourth-order valence-corrected chi connectivity index (χ4v) is 4.04. The van der Waals surface area contributed by atoms with Gasteiger partial charge in [0.15, 0.2) is 11.6 Å². The van der Waals surface area contributed by atoms with Crippen molar-refractivity contribution in [2.24, 2.45) is 0 Å². The smallest absolute Gasteiger partial charge is 0.259 e. The van der Waals surface area contributed by atoms with Crippen LogP contribution in [0.3, 0.4) is 0 Å². The zero-order chi connectivity index (χ0) is 20.5. The van der Waals surface area contributed by atoms with Crippen molar-refractivity contribution in [1.82, 2.24) is 10.2 Å². The van der Waals surface area contributed by atoms with Crippen LogP contribution < -0.4 is 16.1 Å². The van der Waals surface area contributed by atoms with Crippen molar-refractivity contribution in [2.75, 3.05) is 12.4 Å². The van der Waals surface area contributed by atoms with Gasteiger partial charge in [-0.3, -0.25) is 19.7 Å². The highest BCUT2D eigenvalue weighted by Gasteiger charge is 2.58. The summed E-state index contributed by atoms with van der Waals surface area (Å²) in [6.07, 6.45) is 0. The van der Waals surface area contributed by atoms with E-state index in [0.717, 1.165) is 0 Å². The van der Waals surface area contributed by atoms with Crippen molar-refractivity contribution in [3.63, 3.8) is 0 Å². The average Bonchev–Trinajstić information content (AvgIpc) is 2.89. The van der Waals surface area contributed by atoms with Crippen LogP contribution in [0.5, 0.6) is 5.75 Å². The number of carbonyl (C=O) groups is 3. The molecule has 7 nitrogen and oxygen atoms in total. The molecule has 2 aliphatic heterocycles. The monoisotopic (exact) mass is 367 g/mol. The van der Waals surface area contributed by atoms with Gasteiger partial charge in [-0.1, -0.05) is 5.21 Å². The molecule has 13 heteroatoms. The number of carbonyl (C=O) groups excluding carboxylic acids is 3. The van der Waals surface area contributed by atoms with E-state index in [9.17, 15) is 23.9 Å². The minimum Gasteiger partial charge on any atom is -0.504 e. The molecule has 3 N–H and O–H groups in total. The van der Waals surface area contributed by atoms with Gasteiger partial charge in [-0.2, -0.15) is 0 Å². The Morgan fingerprint density at radius 2 is 1.85 bits per heavy atom. The van der Waals surface area contributed by atoms with E-state index in [1.807, 2.05) is 0 Å². The van der Waals surface area contributed by atoms with Gasteiger partial charge in [-0.05, 0) is 10.7 Å². The molecule has 0 bridgehead atoms. The molecule has 0 saturated carbocycles. The van der Waals surface area contributed by atoms with E-state index >= 15 is 0 Å². The number of nitrogens with zero attached hydrogens (tertiary/aromatic N) is 1. The number of amides is 3. The van der Waals surface area contributed by atoms with Gasteiger partial charge in [0, 0.05) is 24.8 Å². The van der Waals surface area contributed by atoms with Crippen LogP contribution in [0.2, 0.25) is 10.4 Å². The number of fused-ring (bicyclic) bond motifs is 1. The van der Waals surface area contributed by atoms with Crippen molar-refractivity contribution in [1.29, 1.82) is 0 Å². The Balaban J connectivity index is 2.15. The molecule has 0 radical (unpaired) electrons. The Kier molecular flexibility index (Phi) is 4.21. The Morgan fingerprint density at radius 1 is 1.26 bits per heavy atom. The third-order valence-corrected chi connectivity index (χ3v) is 6.46. The van der Waals surface area contributed by atoms with Crippen LogP contribution >= 0.6 is 0 Å². The largest absolute Gasteiger partial charge is 0.504 e. The van der Waals surface area contributed by atoms with Crippen molar-refractivity contribution in [2.45, 2.75) is 23.0 Å². The van der Waals surface area contributed by atoms with E-state index in [4.69, 9.17) is 0 Å². The molecule has 2 aliphatic rings. The molecule has 1 saturated heterocycles. The summed E-state index contributed by atoms with van der Waals surface area (Å²) in [5.41, 5.74) is 0.921. The minimum absolute atomic E-state index is 0.0325. The van der Waals surface area contributed by atoms with Crippen molar-refractivity contribution in [3.05, 3.63) is 16.9 Å². The lowest BCUT2D eigenvalue weighted by molar-refractivity contribution is -0.138. The van der Waals surface area contributed by atoms with E-state index in [2.05, 4.69) is 10.6 Å². The molecular weight excluding hydrogens is 347 g/mol. The number of phenolic OH excluding ortho intramolecular Hbond substituents is 1. The molecule has 2 heterocycles. The number of nitrogens with one attached hydrogen (secondary N) is 2. The third-order valence-electron chi connectivity index (χ3n) is 6.46. The molecule has 3 rings (SSSR count). The number of rotatable bonds is 2. The number of anilines is 1. The average molecular weight is 366 g/mol. The lowest BCUT2D eigenvalue weighted by atomic mass is 9.26. The summed E-state index contributed by atoms with van der Waals surface area (Å²) in [4.78, 5) is 39.4. The van der Waals surface area contributed by atoms with Gasteiger partial charge in [0.05, 0.1) is 5.56 Å².